The standard InChI is InChI=1S/C13H13F3O2/c1-8(2)10(7-12(17)18)9-5-3-4-6-11(9)13(14,15)16/h3-8H,1-2H3,(H,17,18)/b10-7+. The number of benzene rings is 1. The van der Waals surface area contributed by atoms with Gasteiger partial charge in [0.2, 0.25) is 0 Å². The van der Waals surface area contributed by atoms with Gasteiger partial charge >= 0.3 is 12.1 Å². The van der Waals surface area contributed by atoms with Gasteiger partial charge in [-0.1, -0.05) is 32.0 Å². The lowest BCUT2D eigenvalue weighted by Gasteiger charge is -2.17. The maximum atomic E-state index is 12.8. The van der Waals surface area contributed by atoms with Crippen molar-refractivity contribution in [2.24, 2.45) is 5.92 Å². The molecule has 0 unspecified atom stereocenters. The van der Waals surface area contributed by atoms with E-state index in [1.165, 1.54) is 18.2 Å². The van der Waals surface area contributed by atoms with Crippen molar-refractivity contribution in [3.8, 4) is 0 Å². The summed E-state index contributed by atoms with van der Waals surface area (Å²) in [5.41, 5.74) is -0.732. The molecule has 18 heavy (non-hydrogen) atoms. The van der Waals surface area contributed by atoms with Gasteiger partial charge in [-0.25, -0.2) is 4.79 Å². The molecule has 98 valence electrons. The van der Waals surface area contributed by atoms with E-state index in [0.717, 1.165) is 12.1 Å². The highest BCUT2D eigenvalue weighted by atomic mass is 19.4. The van der Waals surface area contributed by atoms with E-state index in [1.54, 1.807) is 13.8 Å². The lowest BCUT2D eigenvalue weighted by atomic mass is 9.91. The Hall–Kier alpha value is -1.78. The minimum Gasteiger partial charge on any atom is -0.478 e. The smallest absolute Gasteiger partial charge is 0.416 e. The van der Waals surface area contributed by atoms with E-state index < -0.39 is 17.7 Å². The van der Waals surface area contributed by atoms with E-state index in [-0.39, 0.29) is 17.1 Å². The van der Waals surface area contributed by atoms with Crippen LogP contribution in [0.2, 0.25) is 0 Å². The van der Waals surface area contributed by atoms with Gasteiger partial charge in [-0.3, -0.25) is 0 Å². The lowest BCUT2D eigenvalue weighted by Crippen LogP contribution is -2.11. The Bertz CT molecular complexity index is 473. The van der Waals surface area contributed by atoms with Crippen LogP contribution >= 0.6 is 0 Å². The molecule has 2 nitrogen and oxygen atoms in total. The van der Waals surface area contributed by atoms with Crippen LogP contribution in [0, 0.1) is 5.92 Å². The van der Waals surface area contributed by atoms with Gasteiger partial charge in [0.1, 0.15) is 0 Å². The summed E-state index contributed by atoms with van der Waals surface area (Å²) in [5, 5.41) is 8.73. The first-order valence-electron chi connectivity index (χ1n) is 5.34. The van der Waals surface area contributed by atoms with Gasteiger partial charge < -0.3 is 5.11 Å². The van der Waals surface area contributed by atoms with Crippen molar-refractivity contribution < 1.29 is 23.1 Å². The molecule has 0 aromatic heterocycles. The fourth-order valence-electron chi connectivity index (χ4n) is 1.67. The maximum absolute atomic E-state index is 12.8. The minimum absolute atomic E-state index is 0.0811. The van der Waals surface area contributed by atoms with Crippen molar-refractivity contribution in [2.45, 2.75) is 20.0 Å². The largest absolute Gasteiger partial charge is 0.478 e. The van der Waals surface area contributed by atoms with E-state index in [0.29, 0.717) is 0 Å². The summed E-state index contributed by atoms with van der Waals surface area (Å²) >= 11 is 0. The Balaban J connectivity index is 3.43. The zero-order chi connectivity index (χ0) is 13.9. The molecular weight excluding hydrogens is 245 g/mol. The zero-order valence-electron chi connectivity index (χ0n) is 9.95. The van der Waals surface area contributed by atoms with E-state index >= 15 is 0 Å². The minimum atomic E-state index is -4.50. The normalized spacial score (nSPS) is 12.9. The van der Waals surface area contributed by atoms with Crippen LogP contribution in [0.1, 0.15) is 25.0 Å². The summed E-state index contributed by atoms with van der Waals surface area (Å²) in [5.74, 6) is -1.57. The molecule has 1 aromatic carbocycles. The highest BCUT2D eigenvalue weighted by Gasteiger charge is 2.34. The van der Waals surface area contributed by atoms with Crippen LogP contribution < -0.4 is 0 Å². The number of carboxylic acid groups (broad SMARTS) is 1. The first-order valence-corrected chi connectivity index (χ1v) is 5.34. The molecule has 0 saturated heterocycles. The number of hydrogen-bond donors (Lipinski definition) is 1. The number of rotatable bonds is 3. The van der Waals surface area contributed by atoms with Gasteiger partial charge in [0.15, 0.2) is 0 Å². The predicted octanol–water partition coefficient (Wildman–Crippen LogP) is 3.83. The Morgan fingerprint density at radius 2 is 1.83 bits per heavy atom. The number of halogens is 3. The average Bonchev–Trinajstić information content (AvgIpc) is 2.24. The number of carbonyl (C=O) groups is 1. The molecule has 0 atom stereocenters. The second kappa shape index (κ2) is 5.25. The summed E-state index contributed by atoms with van der Waals surface area (Å²) < 4.78 is 38.5. The van der Waals surface area contributed by atoms with Crippen molar-refractivity contribution in [3.05, 3.63) is 41.5 Å². The first kappa shape index (κ1) is 14.3. The maximum Gasteiger partial charge on any atom is 0.416 e. The summed E-state index contributed by atoms with van der Waals surface area (Å²) in [4.78, 5) is 10.7. The summed E-state index contributed by atoms with van der Waals surface area (Å²) in [6.45, 7) is 3.31. The molecule has 0 saturated carbocycles. The Morgan fingerprint density at radius 1 is 1.28 bits per heavy atom. The highest BCUT2D eigenvalue weighted by molar-refractivity contribution is 5.91. The third-order valence-corrected chi connectivity index (χ3v) is 2.44. The monoisotopic (exact) mass is 258 g/mol. The number of aliphatic carboxylic acids is 1. The molecular formula is C13H13F3O2. The number of carboxylic acids is 1. The molecule has 0 amide bonds. The van der Waals surface area contributed by atoms with Crippen LogP contribution in [-0.2, 0) is 11.0 Å². The van der Waals surface area contributed by atoms with Gasteiger partial charge in [0, 0.05) is 6.08 Å². The van der Waals surface area contributed by atoms with E-state index in [1.807, 2.05) is 0 Å². The quantitative estimate of drug-likeness (QED) is 0.836. The zero-order valence-corrected chi connectivity index (χ0v) is 9.95. The van der Waals surface area contributed by atoms with Crippen LogP contribution in [0.4, 0.5) is 13.2 Å². The second-order valence-corrected chi connectivity index (χ2v) is 4.14. The van der Waals surface area contributed by atoms with Gasteiger partial charge in [0.05, 0.1) is 5.56 Å². The molecule has 1 aromatic rings. The van der Waals surface area contributed by atoms with Crippen LogP contribution in [0.15, 0.2) is 30.3 Å². The predicted molar refractivity (Wildman–Crippen MR) is 61.9 cm³/mol. The molecule has 1 N–H and O–H groups in total. The molecule has 0 radical (unpaired) electrons. The highest BCUT2D eigenvalue weighted by Crippen LogP contribution is 2.36. The van der Waals surface area contributed by atoms with E-state index in [9.17, 15) is 18.0 Å². The average molecular weight is 258 g/mol. The molecule has 0 bridgehead atoms. The topological polar surface area (TPSA) is 37.3 Å². The fraction of sp³-hybridized carbons (Fsp3) is 0.308. The molecule has 0 aliphatic rings. The Labute approximate surface area is 103 Å². The van der Waals surface area contributed by atoms with Gasteiger partial charge in [-0.2, -0.15) is 13.2 Å². The third-order valence-electron chi connectivity index (χ3n) is 2.44. The second-order valence-electron chi connectivity index (χ2n) is 4.14. The van der Waals surface area contributed by atoms with E-state index in [4.69, 9.17) is 5.11 Å². The fourth-order valence-corrected chi connectivity index (χ4v) is 1.67. The Morgan fingerprint density at radius 3 is 2.28 bits per heavy atom. The molecule has 0 fully saturated rings. The van der Waals surface area contributed by atoms with Gasteiger partial charge in [0.25, 0.3) is 0 Å². The van der Waals surface area contributed by atoms with Crippen LogP contribution in [0.3, 0.4) is 0 Å². The van der Waals surface area contributed by atoms with Crippen molar-refractivity contribution in [3.63, 3.8) is 0 Å². The van der Waals surface area contributed by atoms with Crippen LogP contribution in [0.25, 0.3) is 5.57 Å². The molecule has 0 aliphatic carbocycles. The SMILES string of the molecule is CC(C)/C(=C\C(=O)O)c1ccccc1C(F)(F)F. The lowest BCUT2D eigenvalue weighted by molar-refractivity contribution is -0.138. The number of hydrogen-bond acceptors (Lipinski definition) is 1. The molecule has 0 spiro atoms. The molecule has 0 aliphatic heterocycles. The van der Waals surface area contributed by atoms with E-state index in [2.05, 4.69) is 0 Å². The molecule has 0 heterocycles. The molecule has 5 heteroatoms. The van der Waals surface area contributed by atoms with Crippen molar-refractivity contribution in [1.82, 2.24) is 0 Å². The first-order chi connectivity index (χ1) is 8.23. The van der Waals surface area contributed by atoms with Gasteiger partial charge in [-0.05, 0) is 23.1 Å². The number of allylic oxidation sites excluding steroid dienone is 1. The summed E-state index contributed by atoms with van der Waals surface area (Å²) in [7, 11) is 0. The van der Waals surface area contributed by atoms with Crippen LogP contribution in [-0.4, -0.2) is 11.1 Å². The van der Waals surface area contributed by atoms with Crippen LogP contribution in [0.5, 0.6) is 0 Å². The van der Waals surface area contributed by atoms with Crippen molar-refractivity contribution in [2.75, 3.05) is 0 Å². The van der Waals surface area contributed by atoms with Gasteiger partial charge in [-0.15, -0.1) is 0 Å². The third kappa shape index (κ3) is 3.35. The molecule has 1 rings (SSSR count). The number of alkyl halides is 3. The summed E-state index contributed by atoms with van der Waals surface area (Å²) in [6, 6.07) is 4.98. The van der Waals surface area contributed by atoms with Crippen molar-refractivity contribution in [1.29, 1.82) is 0 Å². The summed E-state index contributed by atoms with van der Waals surface area (Å²) in [6.07, 6.45) is -3.67. The Kier molecular flexibility index (Phi) is 4.16. The van der Waals surface area contributed by atoms with Crippen molar-refractivity contribution >= 4 is 11.5 Å².